The average molecular weight is 228 g/mol. The second kappa shape index (κ2) is 6.86. The Kier molecular flexibility index (Phi) is 5.77. The van der Waals surface area contributed by atoms with Gasteiger partial charge in [-0.05, 0) is 45.9 Å². The van der Waals surface area contributed by atoms with Crippen molar-refractivity contribution in [2.24, 2.45) is 0 Å². The summed E-state index contributed by atoms with van der Waals surface area (Å²) in [5, 5.41) is 8.66. The summed E-state index contributed by atoms with van der Waals surface area (Å²) in [5.41, 5.74) is 0. The normalized spacial score (nSPS) is 23.3. The molecule has 0 aromatic rings. The fourth-order valence-electron chi connectivity index (χ4n) is 2.35. The molecule has 0 bridgehead atoms. The smallest absolute Gasteiger partial charge is 0.304 e. The van der Waals surface area contributed by atoms with Crippen LogP contribution in [0.2, 0.25) is 0 Å². The summed E-state index contributed by atoms with van der Waals surface area (Å²) in [4.78, 5) is 15.2. The average Bonchev–Trinajstić information content (AvgIpc) is 2.50. The molecule has 1 unspecified atom stereocenters. The molecule has 1 aliphatic rings. The number of nitrogens with zero attached hydrogens (tertiary/aromatic N) is 2. The Bertz CT molecular complexity index is 221. The van der Waals surface area contributed by atoms with Gasteiger partial charge in [0.05, 0.1) is 6.42 Å². The number of carbonyl (C=O) groups is 1. The molecule has 0 radical (unpaired) electrons. The lowest BCUT2D eigenvalue weighted by atomic mass is 10.1. The molecule has 1 saturated heterocycles. The summed E-state index contributed by atoms with van der Waals surface area (Å²) in [6, 6.07) is 0.566. The van der Waals surface area contributed by atoms with Crippen molar-refractivity contribution in [3.8, 4) is 0 Å². The lowest BCUT2D eigenvalue weighted by molar-refractivity contribution is -0.137. The third-order valence-corrected chi connectivity index (χ3v) is 3.54. The van der Waals surface area contributed by atoms with Gasteiger partial charge in [-0.25, -0.2) is 0 Å². The standard InChI is InChI=1S/C12H24N2O2/c1-3-14-8-4-5-11(6-10-14)13(2)9-7-12(15)16/h11H,3-10H2,1-2H3,(H,15,16). The molecule has 4 nitrogen and oxygen atoms in total. The zero-order valence-electron chi connectivity index (χ0n) is 10.5. The molecule has 16 heavy (non-hydrogen) atoms. The predicted octanol–water partition coefficient (Wildman–Crippen LogP) is 1.27. The molecule has 0 aromatic carbocycles. The van der Waals surface area contributed by atoms with E-state index in [0.717, 1.165) is 13.1 Å². The number of hydrogen-bond acceptors (Lipinski definition) is 3. The maximum Gasteiger partial charge on any atom is 0.304 e. The van der Waals surface area contributed by atoms with E-state index in [1.165, 1.54) is 25.8 Å². The van der Waals surface area contributed by atoms with Gasteiger partial charge in [0, 0.05) is 12.6 Å². The Morgan fingerprint density at radius 2 is 2.19 bits per heavy atom. The summed E-state index contributed by atoms with van der Waals surface area (Å²) in [7, 11) is 2.05. The fourth-order valence-corrected chi connectivity index (χ4v) is 2.35. The van der Waals surface area contributed by atoms with E-state index in [2.05, 4.69) is 23.8 Å². The van der Waals surface area contributed by atoms with Crippen molar-refractivity contribution in [3.05, 3.63) is 0 Å². The van der Waals surface area contributed by atoms with Crippen molar-refractivity contribution in [3.63, 3.8) is 0 Å². The molecule has 1 rings (SSSR count). The summed E-state index contributed by atoms with van der Waals surface area (Å²) >= 11 is 0. The summed E-state index contributed by atoms with van der Waals surface area (Å²) < 4.78 is 0. The van der Waals surface area contributed by atoms with Crippen LogP contribution in [0.3, 0.4) is 0 Å². The van der Waals surface area contributed by atoms with Gasteiger partial charge in [-0.1, -0.05) is 6.92 Å². The van der Waals surface area contributed by atoms with Crippen molar-refractivity contribution in [2.45, 2.75) is 38.6 Å². The van der Waals surface area contributed by atoms with Gasteiger partial charge in [0.2, 0.25) is 0 Å². The second-order valence-corrected chi connectivity index (χ2v) is 4.64. The highest BCUT2D eigenvalue weighted by molar-refractivity contribution is 5.66. The fraction of sp³-hybridized carbons (Fsp3) is 0.917. The summed E-state index contributed by atoms with van der Waals surface area (Å²) in [5.74, 6) is -0.698. The Balaban J connectivity index is 2.32. The van der Waals surface area contributed by atoms with Crippen LogP contribution in [-0.4, -0.2) is 60.1 Å². The minimum absolute atomic E-state index is 0.254. The van der Waals surface area contributed by atoms with Crippen LogP contribution < -0.4 is 0 Å². The van der Waals surface area contributed by atoms with Gasteiger partial charge >= 0.3 is 5.97 Å². The minimum atomic E-state index is -0.698. The topological polar surface area (TPSA) is 43.8 Å². The number of hydrogen-bond donors (Lipinski definition) is 1. The second-order valence-electron chi connectivity index (χ2n) is 4.64. The molecular weight excluding hydrogens is 204 g/mol. The van der Waals surface area contributed by atoms with Gasteiger partial charge in [-0.3, -0.25) is 4.79 Å². The SMILES string of the molecule is CCN1CCCC(N(C)CCC(=O)O)CC1. The molecule has 1 N–H and O–H groups in total. The summed E-state index contributed by atoms with van der Waals surface area (Å²) in [6.07, 6.45) is 3.86. The first-order valence-corrected chi connectivity index (χ1v) is 6.28. The van der Waals surface area contributed by atoms with Crippen molar-refractivity contribution in [1.82, 2.24) is 9.80 Å². The quantitative estimate of drug-likeness (QED) is 0.769. The van der Waals surface area contributed by atoms with E-state index in [1.807, 2.05) is 0 Å². The molecule has 4 heteroatoms. The van der Waals surface area contributed by atoms with E-state index >= 15 is 0 Å². The zero-order valence-corrected chi connectivity index (χ0v) is 10.5. The molecule has 0 spiro atoms. The van der Waals surface area contributed by atoms with Gasteiger partial charge in [0.25, 0.3) is 0 Å². The number of carboxylic acids is 1. The van der Waals surface area contributed by atoms with E-state index in [1.54, 1.807) is 0 Å². The van der Waals surface area contributed by atoms with Gasteiger partial charge < -0.3 is 14.9 Å². The number of rotatable bonds is 5. The largest absolute Gasteiger partial charge is 0.481 e. The van der Waals surface area contributed by atoms with Gasteiger partial charge in [0.1, 0.15) is 0 Å². The first-order valence-electron chi connectivity index (χ1n) is 6.28. The third-order valence-electron chi connectivity index (χ3n) is 3.54. The van der Waals surface area contributed by atoms with E-state index in [4.69, 9.17) is 5.11 Å². The molecule has 1 heterocycles. The summed E-state index contributed by atoms with van der Waals surface area (Å²) in [6.45, 7) is 6.35. The number of likely N-dealkylation sites (tertiary alicyclic amines) is 1. The van der Waals surface area contributed by atoms with Gasteiger partial charge in [0.15, 0.2) is 0 Å². The van der Waals surface area contributed by atoms with E-state index in [-0.39, 0.29) is 6.42 Å². The van der Waals surface area contributed by atoms with E-state index < -0.39 is 5.97 Å². The molecule has 1 atom stereocenters. The molecule has 1 aliphatic heterocycles. The zero-order chi connectivity index (χ0) is 12.0. The predicted molar refractivity (Wildman–Crippen MR) is 64.6 cm³/mol. The molecule has 94 valence electrons. The third kappa shape index (κ3) is 4.49. The van der Waals surface area contributed by atoms with Crippen LogP contribution in [0.1, 0.15) is 32.6 Å². The van der Waals surface area contributed by atoms with E-state index in [9.17, 15) is 4.79 Å². The van der Waals surface area contributed by atoms with E-state index in [0.29, 0.717) is 12.6 Å². The Morgan fingerprint density at radius 3 is 2.81 bits per heavy atom. The minimum Gasteiger partial charge on any atom is -0.481 e. The molecule has 0 aliphatic carbocycles. The van der Waals surface area contributed by atoms with Crippen LogP contribution >= 0.6 is 0 Å². The highest BCUT2D eigenvalue weighted by Crippen LogP contribution is 2.15. The van der Waals surface area contributed by atoms with Crippen LogP contribution in [0.5, 0.6) is 0 Å². The van der Waals surface area contributed by atoms with Gasteiger partial charge in [-0.2, -0.15) is 0 Å². The number of aliphatic carboxylic acids is 1. The highest BCUT2D eigenvalue weighted by Gasteiger charge is 2.19. The van der Waals surface area contributed by atoms with Crippen LogP contribution in [0.25, 0.3) is 0 Å². The van der Waals surface area contributed by atoms with Crippen molar-refractivity contribution < 1.29 is 9.90 Å². The van der Waals surface area contributed by atoms with Crippen LogP contribution in [-0.2, 0) is 4.79 Å². The first-order chi connectivity index (χ1) is 7.63. The lowest BCUT2D eigenvalue weighted by Gasteiger charge is -2.26. The Hall–Kier alpha value is -0.610. The maximum absolute atomic E-state index is 10.5. The first kappa shape index (κ1) is 13.5. The number of carboxylic acid groups (broad SMARTS) is 1. The van der Waals surface area contributed by atoms with Crippen molar-refractivity contribution in [2.75, 3.05) is 33.2 Å². The molecule has 1 fully saturated rings. The molecular formula is C12H24N2O2. The maximum atomic E-state index is 10.5. The Morgan fingerprint density at radius 1 is 1.44 bits per heavy atom. The molecule has 0 aromatic heterocycles. The van der Waals surface area contributed by atoms with Crippen molar-refractivity contribution >= 4 is 5.97 Å². The van der Waals surface area contributed by atoms with Crippen LogP contribution in [0.15, 0.2) is 0 Å². The molecule has 0 saturated carbocycles. The monoisotopic (exact) mass is 228 g/mol. The lowest BCUT2D eigenvalue weighted by Crippen LogP contribution is -2.34. The van der Waals surface area contributed by atoms with Crippen LogP contribution in [0.4, 0.5) is 0 Å². The van der Waals surface area contributed by atoms with Crippen LogP contribution in [0, 0.1) is 0 Å². The highest BCUT2D eigenvalue weighted by atomic mass is 16.4. The molecule has 0 amide bonds. The van der Waals surface area contributed by atoms with Gasteiger partial charge in [-0.15, -0.1) is 0 Å². The Labute approximate surface area is 98.2 Å². The van der Waals surface area contributed by atoms with Crippen molar-refractivity contribution in [1.29, 1.82) is 0 Å².